The number of fused-ring (bicyclic) bond motifs is 2. The number of hydrogen-bond donors (Lipinski definition) is 1. The van der Waals surface area contributed by atoms with Crippen LogP contribution in [-0.2, 0) is 16.9 Å². The molecule has 0 amide bonds. The highest BCUT2D eigenvalue weighted by Crippen LogP contribution is 2.70. The van der Waals surface area contributed by atoms with E-state index in [4.69, 9.17) is 9.47 Å². The minimum absolute atomic E-state index is 0.00990. The van der Waals surface area contributed by atoms with Gasteiger partial charge in [-0.05, 0) is 86.5 Å². The summed E-state index contributed by atoms with van der Waals surface area (Å²) >= 11 is 0. The third kappa shape index (κ3) is 5.26. The Morgan fingerprint density at radius 3 is 2.69 bits per heavy atom. The van der Waals surface area contributed by atoms with Crippen molar-refractivity contribution in [3.05, 3.63) is 41.5 Å². The highest BCUT2D eigenvalue weighted by molar-refractivity contribution is 8.32. The van der Waals surface area contributed by atoms with Crippen molar-refractivity contribution < 1.29 is 14.6 Å². The monoisotopic (exact) mass is 555 g/mol. The molecule has 216 valence electrons. The van der Waals surface area contributed by atoms with Crippen molar-refractivity contribution in [1.82, 2.24) is 14.8 Å². The molecule has 1 spiro atoms. The van der Waals surface area contributed by atoms with Gasteiger partial charge in [-0.1, -0.05) is 46.1 Å². The molecule has 1 unspecified atom stereocenters. The van der Waals surface area contributed by atoms with Crippen LogP contribution in [0.25, 0.3) is 5.57 Å². The molecule has 1 aromatic heterocycles. The van der Waals surface area contributed by atoms with Gasteiger partial charge in [0.15, 0.2) is 5.82 Å². The van der Waals surface area contributed by atoms with Crippen molar-refractivity contribution in [2.75, 3.05) is 31.1 Å². The lowest BCUT2D eigenvalue weighted by Gasteiger charge is -2.64. The van der Waals surface area contributed by atoms with Gasteiger partial charge in [0.25, 0.3) is 0 Å². The van der Waals surface area contributed by atoms with E-state index in [2.05, 4.69) is 68.7 Å². The number of phenolic OH excluding ortho intramolecular Hbond substituents is 1. The Labute approximate surface area is 236 Å². The molecule has 1 aliphatic heterocycles. The van der Waals surface area contributed by atoms with Gasteiger partial charge in [-0.3, -0.25) is 0 Å². The van der Waals surface area contributed by atoms with Crippen molar-refractivity contribution in [2.24, 2.45) is 5.41 Å². The second-order valence-corrected chi connectivity index (χ2v) is 18.4. The third-order valence-electron chi connectivity index (χ3n) is 9.85. The van der Waals surface area contributed by atoms with E-state index in [-0.39, 0.29) is 22.3 Å². The number of hydrogen-bond acceptors (Lipinski definition) is 5. The average Bonchev–Trinajstić information content (AvgIpc) is 3.33. The predicted molar refractivity (Wildman–Crippen MR) is 162 cm³/mol. The Hall–Kier alpha value is -1.99. The van der Waals surface area contributed by atoms with E-state index in [0.29, 0.717) is 12.5 Å². The van der Waals surface area contributed by atoms with Crippen molar-refractivity contribution >= 4 is 15.6 Å². The zero-order valence-corrected chi connectivity index (χ0v) is 26.0. The van der Waals surface area contributed by atoms with Gasteiger partial charge in [0.2, 0.25) is 0 Å². The van der Waals surface area contributed by atoms with Crippen LogP contribution in [0, 0.1) is 5.41 Å². The molecule has 1 aromatic carbocycles. The van der Waals surface area contributed by atoms with E-state index in [0.717, 1.165) is 61.6 Å². The second kappa shape index (κ2) is 10.4. The van der Waals surface area contributed by atoms with Crippen LogP contribution in [-0.4, -0.2) is 56.6 Å². The Morgan fingerprint density at radius 1 is 1.21 bits per heavy atom. The molecule has 7 heteroatoms. The number of benzene rings is 1. The van der Waals surface area contributed by atoms with Crippen LogP contribution in [0.3, 0.4) is 0 Å². The summed E-state index contributed by atoms with van der Waals surface area (Å²) < 4.78 is 14.7. The topological polar surface area (TPSA) is 69.4 Å². The summed E-state index contributed by atoms with van der Waals surface area (Å²) in [4.78, 5) is 4.66. The van der Waals surface area contributed by atoms with Crippen LogP contribution in [0.5, 0.6) is 11.5 Å². The first kappa shape index (κ1) is 28.5. The van der Waals surface area contributed by atoms with Crippen LogP contribution < -0.4 is 4.74 Å². The summed E-state index contributed by atoms with van der Waals surface area (Å²) in [5.74, 6) is 3.42. The third-order valence-corrected chi connectivity index (χ3v) is 11.2. The van der Waals surface area contributed by atoms with Gasteiger partial charge >= 0.3 is 0 Å². The average molecular weight is 556 g/mol. The second-order valence-electron chi connectivity index (χ2n) is 13.8. The molecule has 0 radical (unpaired) electrons. The first-order chi connectivity index (χ1) is 18.4. The van der Waals surface area contributed by atoms with Crippen LogP contribution in [0.1, 0.15) is 102 Å². The SMILES string of the molecule is CCCCCC(C)(C)c1cc(O)c2c(c1)OC1(C)CC[C@]13CC=C(c1ncnn1COCCS(C)(C)C)C[C@@H]23. The first-order valence-electron chi connectivity index (χ1n) is 14.8. The molecule has 0 saturated heterocycles. The fourth-order valence-electron chi connectivity index (χ4n) is 7.03. The molecular formula is C32H49N3O3S. The van der Waals surface area contributed by atoms with Crippen molar-refractivity contribution in [2.45, 2.75) is 103 Å². The lowest BCUT2D eigenvalue weighted by atomic mass is 9.45. The van der Waals surface area contributed by atoms with E-state index in [1.165, 1.54) is 30.4 Å². The molecule has 1 saturated carbocycles. The van der Waals surface area contributed by atoms with Gasteiger partial charge in [-0.15, -0.1) is 0 Å². The molecule has 3 aliphatic rings. The summed E-state index contributed by atoms with van der Waals surface area (Å²) in [5, 5.41) is 16.0. The van der Waals surface area contributed by atoms with Crippen molar-refractivity contribution in [3.63, 3.8) is 0 Å². The summed E-state index contributed by atoms with van der Waals surface area (Å²) in [7, 11) is -0.589. The summed E-state index contributed by atoms with van der Waals surface area (Å²) in [5.41, 5.74) is 3.14. The zero-order valence-electron chi connectivity index (χ0n) is 25.2. The van der Waals surface area contributed by atoms with Gasteiger partial charge < -0.3 is 14.6 Å². The zero-order chi connectivity index (χ0) is 28.1. The number of phenols is 1. The van der Waals surface area contributed by atoms with Crippen molar-refractivity contribution in [3.8, 4) is 11.5 Å². The maximum absolute atomic E-state index is 11.5. The van der Waals surface area contributed by atoms with Gasteiger partial charge in [0, 0.05) is 22.6 Å². The highest BCUT2D eigenvalue weighted by Gasteiger charge is 2.65. The van der Waals surface area contributed by atoms with E-state index < -0.39 is 10.0 Å². The molecule has 6 nitrogen and oxygen atoms in total. The largest absolute Gasteiger partial charge is 0.508 e. The minimum Gasteiger partial charge on any atom is -0.508 e. The van der Waals surface area contributed by atoms with Gasteiger partial charge in [-0.2, -0.15) is 5.10 Å². The van der Waals surface area contributed by atoms with Crippen LogP contribution in [0.4, 0.5) is 0 Å². The van der Waals surface area contributed by atoms with Crippen molar-refractivity contribution in [1.29, 1.82) is 0 Å². The number of nitrogens with zero attached hydrogens (tertiary/aromatic N) is 3. The van der Waals surface area contributed by atoms with Gasteiger partial charge in [0.1, 0.15) is 30.2 Å². The maximum Gasteiger partial charge on any atom is 0.156 e. The molecule has 39 heavy (non-hydrogen) atoms. The summed E-state index contributed by atoms with van der Waals surface area (Å²) in [6.07, 6.45) is 19.6. The molecule has 2 aromatic rings. The van der Waals surface area contributed by atoms with E-state index in [1.807, 2.05) is 10.7 Å². The summed E-state index contributed by atoms with van der Waals surface area (Å²) in [6, 6.07) is 4.26. The Kier molecular flexibility index (Phi) is 7.64. The smallest absolute Gasteiger partial charge is 0.156 e. The lowest BCUT2D eigenvalue weighted by Crippen LogP contribution is -2.64. The molecule has 0 bridgehead atoms. The number of unbranched alkanes of at least 4 members (excludes halogenated alkanes) is 2. The Balaban J connectivity index is 1.42. The van der Waals surface area contributed by atoms with Gasteiger partial charge in [0.05, 0.1) is 6.61 Å². The lowest BCUT2D eigenvalue weighted by molar-refractivity contribution is -0.164. The molecule has 2 heterocycles. The fraction of sp³-hybridized carbons (Fsp3) is 0.688. The van der Waals surface area contributed by atoms with E-state index in [9.17, 15) is 5.11 Å². The number of allylic oxidation sites excluding steroid dienone is 2. The van der Waals surface area contributed by atoms with Crippen LogP contribution >= 0.6 is 10.0 Å². The van der Waals surface area contributed by atoms with E-state index >= 15 is 0 Å². The normalized spacial score (nSPS) is 26.5. The Morgan fingerprint density at radius 2 is 2.00 bits per heavy atom. The highest BCUT2D eigenvalue weighted by atomic mass is 32.3. The summed E-state index contributed by atoms with van der Waals surface area (Å²) in [6.45, 7) is 10.3. The van der Waals surface area contributed by atoms with Gasteiger partial charge in [-0.25, -0.2) is 19.7 Å². The first-order valence-corrected chi connectivity index (χ1v) is 17.8. The van der Waals surface area contributed by atoms with Crippen LogP contribution in [0.2, 0.25) is 0 Å². The number of ether oxygens (including phenoxy) is 2. The molecule has 1 N–H and O–H groups in total. The number of rotatable bonds is 11. The predicted octanol–water partition coefficient (Wildman–Crippen LogP) is 7.40. The molecule has 1 fully saturated rings. The fourth-order valence-corrected chi connectivity index (χ4v) is 7.65. The molecule has 5 rings (SSSR count). The molecular weight excluding hydrogens is 506 g/mol. The number of aromatic hydroxyl groups is 1. The van der Waals surface area contributed by atoms with E-state index in [1.54, 1.807) is 6.33 Å². The minimum atomic E-state index is -0.589. The number of aromatic nitrogens is 3. The maximum atomic E-state index is 11.5. The molecule has 3 atom stereocenters. The Bertz CT molecular complexity index is 1230. The standard InChI is InChI=1S/C32H49N3O3S/c1-8-9-10-12-30(2,3)24-19-26(36)28-25-18-23(11-13-32(25)15-14-31(32,4)38-27(28)20-24)29-33-21-34-35(29)22-37-16-17-39(5,6)7/h11,19-21,25,36H,8-10,12-18,22H2,1-7H3/t25-,31?,32-/m0/s1. The quantitative estimate of drug-likeness (QED) is 0.293. The van der Waals surface area contributed by atoms with Crippen LogP contribution in [0.15, 0.2) is 24.5 Å². The molecule has 2 aliphatic carbocycles.